The molecule has 1 aliphatic rings. The number of hydrogen-bond acceptors (Lipinski definition) is 8. The summed E-state index contributed by atoms with van der Waals surface area (Å²) in [5.41, 5.74) is -0.732. The highest BCUT2D eigenvalue weighted by molar-refractivity contribution is 7.16. The van der Waals surface area contributed by atoms with Crippen LogP contribution in [0.3, 0.4) is 0 Å². The van der Waals surface area contributed by atoms with E-state index in [4.69, 9.17) is 14.2 Å². The number of unbranched alkanes of at least 4 members (excludes halogenated alkanes) is 1. The largest absolute Gasteiger partial charge is 1.00 e. The number of benzene rings is 1. The zero-order chi connectivity index (χ0) is 32.0. The van der Waals surface area contributed by atoms with E-state index >= 15 is 0 Å². The van der Waals surface area contributed by atoms with Gasteiger partial charge in [0, 0.05) is 19.2 Å². The molecule has 45 heavy (non-hydrogen) atoms. The van der Waals surface area contributed by atoms with E-state index in [0.29, 0.717) is 37.5 Å². The number of aliphatic hydroxyl groups is 1. The number of esters is 1. The molecule has 2 amide bonds. The SMILES string of the molecule is CCCCn1c(=NC(=O)c2cc(C(F)(F)F)ccc2OC[C@H](C)O)sc2cc[n+](COC(=O)N3CCC[C@H]3C(=O)OC)cc21.[Cl-]. The number of fused-ring (bicyclic) bond motifs is 1. The Balaban J connectivity index is 0.00000552. The molecule has 0 saturated carbocycles. The summed E-state index contributed by atoms with van der Waals surface area (Å²) >= 11 is 1.18. The van der Waals surface area contributed by atoms with Gasteiger partial charge in [0.15, 0.2) is 17.2 Å². The third-order valence-corrected chi connectivity index (χ3v) is 7.99. The number of likely N-dealkylation sites (tertiary alicyclic amines) is 1. The Morgan fingerprint density at radius 1 is 1.24 bits per heavy atom. The number of halogens is 4. The van der Waals surface area contributed by atoms with E-state index in [1.165, 1.54) is 30.3 Å². The second-order valence-corrected chi connectivity index (χ2v) is 11.3. The molecule has 1 aromatic carbocycles. The molecule has 2 aromatic heterocycles. The smallest absolute Gasteiger partial charge is 0.416 e. The van der Waals surface area contributed by atoms with Crippen molar-refractivity contribution in [1.29, 1.82) is 0 Å². The van der Waals surface area contributed by atoms with Gasteiger partial charge < -0.3 is 36.3 Å². The quantitative estimate of drug-likeness (QED) is 0.252. The molecule has 3 heterocycles. The minimum absolute atomic E-state index is 0. The van der Waals surface area contributed by atoms with Crippen molar-refractivity contribution in [2.75, 3.05) is 20.3 Å². The highest BCUT2D eigenvalue weighted by Gasteiger charge is 2.36. The summed E-state index contributed by atoms with van der Waals surface area (Å²) in [6.07, 6.45) is -0.148. The number of methoxy groups -OCH3 is 1. The first-order valence-corrected chi connectivity index (χ1v) is 14.9. The Bertz CT molecular complexity index is 1590. The zero-order valence-corrected chi connectivity index (χ0v) is 26.5. The van der Waals surface area contributed by atoms with Crippen molar-refractivity contribution >= 4 is 39.5 Å². The van der Waals surface area contributed by atoms with Crippen LogP contribution in [0.5, 0.6) is 5.75 Å². The number of amides is 2. The van der Waals surface area contributed by atoms with Crippen molar-refractivity contribution in [3.63, 3.8) is 0 Å². The van der Waals surface area contributed by atoms with Crippen LogP contribution < -0.4 is 26.5 Å². The molecule has 246 valence electrons. The van der Waals surface area contributed by atoms with E-state index < -0.39 is 41.9 Å². The van der Waals surface area contributed by atoms with Crippen LogP contribution in [0.4, 0.5) is 18.0 Å². The predicted octanol–water partition coefficient (Wildman–Crippen LogP) is 1.05. The van der Waals surface area contributed by atoms with E-state index in [2.05, 4.69) is 4.99 Å². The number of rotatable bonds is 10. The molecule has 1 aliphatic heterocycles. The molecule has 1 fully saturated rings. The Morgan fingerprint density at radius 3 is 2.67 bits per heavy atom. The number of aryl methyl sites for hydroxylation is 1. The number of ether oxygens (including phenoxy) is 3. The van der Waals surface area contributed by atoms with Crippen molar-refractivity contribution in [2.45, 2.75) is 71.1 Å². The van der Waals surface area contributed by atoms with Gasteiger partial charge in [-0.3, -0.25) is 9.69 Å². The van der Waals surface area contributed by atoms with E-state index in [0.717, 1.165) is 29.7 Å². The van der Waals surface area contributed by atoms with Gasteiger partial charge in [-0.2, -0.15) is 22.7 Å². The molecular weight excluding hydrogens is 641 g/mol. The number of carbonyl (C=O) groups is 3. The summed E-state index contributed by atoms with van der Waals surface area (Å²) < 4.78 is 60.3. The molecule has 2 atom stereocenters. The zero-order valence-electron chi connectivity index (χ0n) is 24.9. The van der Waals surface area contributed by atoms with Gasteiger partial charge in [-0.25, -0.2) is 9.59 Å². The summed E-state index contributed by atoms with van der Waals surface area (Å²) in [7, 11) is 1.27. The van der Waals surface area contributed by atoms with Gasteiger partial charge in [0.1, 0.15) is 23.9 Å². The number of alkyl halides is 3. The van der Waals surface area contributed by atoms with Crippen molar-refractivity contribution < 1.29 is 63.8 Å². The summed E-state index contributed by atoms with van der Waals surface area (Å²) in [5, 5.41) is 9.59. The average molecular weight is 675 g/mol. The Morgan fingerprint density at radius 2 is 2.00 bits per heavy atom. The maximum absolute atomic E-state index is 13.5. The van der Waals surface area contributed by atoms with Gasteiger partial charge in [-0.15, -0.1) is 0 Å². The van der Waals surface area contributed by atoms with Crippen LogP contribution in [0.25, 0.3) is 10.2 Å². The molecule has 3 aromatic rings. The Kier molecular flexibility index (Phi) is 12.4. The number of aromatic nitrogens is 2. The molecule has 0 unspecified atom stereocenters. The van der Waals surface area contributed by atoms with Gasteiger partial charge in [-0.05, 0) is 44.4 Å². The van der Waals surface area contributed by atoms with E-state index in [-0.39, 0.29) is 41.9 Å². The molecule has 16 heteroatoms. The highest BCUT2D eigenvalue weighted by atomic mass is 35.5. The van der Waals surface area contributed by atoms with Crippen molar-refractivity contribution in [1.82, 2.24) is 9.47 Å². The van der Waals surface area contributed by atoms with Crippen LogP contribution in [-0.4, -0.2) is 65.0 Å². The van der Waals surface area contributed by atoms with Crippen molar-refractivity contribution in [3.8, 4) is 5.75 Å². The van der Waals surface area contributed by atoms with E-state index in [9.17, 15) is 32.7 Å². The lowest BCUT2D eigenvalue weighted by atomic mass is 10.1. The van der Waals surface area contributed by atoms with E-state index in [1.54, 1.807) is 27.6 Å². The van der Waals surface area contributed by atoms with E-state index in [1.807, 2.05) is 6.92 Å². The van der Waals surface area contributed by atoms with Crippen LogP contribution in [0.15, 0.2) is 41.7 Å². The first kappa shape index (κ1) is 35.8. The lowest BCUT2D eigenvalue weighted by Gasteiger charge is -2.20. The van der Waals surface area contributed by atoms with Gasteiger partial charge in [0.2, 0.25) is 0 Å². The van der Waals surface area contributed by atoms with Gasteiger partial charge in [0.05, 0.1) is 29.0 Å². The summed E-state index contributed by atoms with van der Waals surface area (Å²) in [6, 6.07) is 3.61. The molecule has 1 N–H and O–H groups in total. The minimum atomic E-state index is -4.69. The normalized spacial score (nSPS) is 15.9. The minimum Gasteiger partial charge on any atom is -1.00 e. The molecule has 4 rings (SSSR count). The fourth-order valence-electron chi connectivity index (χ4n) is 4.69. The van der Waals surface area contributed by atoms with Gasteiger partial charge in [0.25, 0.3) is 12.6 Å². The first-order chi connectivity index (χ1) is 20.9. The third kappa shape index (κ3) is 8.73. The molecule has 1 saturated heterocycles. The van der Waals surface area contributed by atoms with Crippen LogP contribution in [-0.2, 0) is 33.7 Å². The number of aliphatic hydroxyl groups excluding tert-OH is 1. The van der Waals surface area contributed by atoms with Gasteiger partial charge in [-0.1, -0.05) is 24.7 Å². The third-order valence-electron chi connectivity index (χ3n) is 6.93. The molecule has 0 bridgehead atoms. The number of hydrogen-bond donors (Lipinski definition) is 1. The molecule has 0 aliphatic carbocycles. The average Bonchev–Trinajstić information content (AvgIpc) is 3.61. The molecule has 0 radical (unpaired) electrons. The topological polar surface area (TPSA) is 124 Å². The highest BCUT2D eigenvalue weighted by Crippen LogP contribution is 2.33. The fraction of sp³-hybridized carbons (Fsp3) is 0.483. The number of nitrogens with zero attached hydrogens (tertiary/aromatic N) is 4. The summed E-state index contributed by atoms with van der Waals surface area (Å²) in [6.45, 7) is 3.90. The number of pyridine rings is 1. The predicted molar refractivity (Wildman–Crippen MR) is 152 cm³/mol. The van der Waals surface area contributed by atoms with Crippen molar-refractivity contribution in [3.05, 3.63) is 52.6 Å². The second-order valence-electron chi connectivity index (χ2n) is 10.3. The number of carbonyl (C=O) groups excluding carboxylic acids is 3. The van der Waals surface area contributed by atoms with Crippen LogP contribution in [0.1, 0.15) is 55.5 Å². The Labute approximate surface area is 267 Å². The Hall–Kier alpha value is -3.69. The van der Waals surface area contributed by atoms with Gasteiger partial charge >= 0.3 is 18.2 Å². The van der Waals surface area contributed by atoms with Crippen LogP contribution in [0.2, 0.25) is 0 Å². The maximum Gasteiger partial charge on any atom is 0.416 e. The monoisotopic (exact) mass is 674 g/mol. The summed E-state index contributed by atoms with van der Waals surface area (Å²) in [5.74, 6) is -1.55. The standard InChI is InChI=1S/C29H34F3N4O7S.ClH/c1-4-5-11-35-22-15-34(17-43-28(40)36-12-6-7-21(36)26(39)41-3)13-10-24(22)44-27(35)33-25(38)20-14-19(29(30,31)32)8-9-23(20)42-16-18(2)37;/h8-10,13-15,18,21,37H,4-7,11-12,16-17H2,1-3H3;1H/q+1;/p-1/t18-,21-;/m0./s1. The first-order valence-electron chi connectivity index (χ1n) is 14.1. The second kappa shape index (κ2) is 15.5. The molecular formula is C29H34ClF3N4O7S. The van der Waals surface area contributed by atoms with Crippen LogP contribution in [0, 0.1) is 0 Å². The fourth-order valence-corrected chi connectivity index (χ4v) is 5.71. The molecule has 0 spiro atoms. The summed E-state index contributed by atoms with van der Waals surface area (Å²) in [4.78, 5) is 43.9. The molecule has 11 nitrogen and oxygen atoms in total. The van der Waals surface area contributed by atoms with Crippen LogP contribution >= 0.6 is 11.3 Å². The van der Waals surface area contributed by atoms with Crippen molar-refractivity contribution in [2.24, 2.45) is 4.99 Å². The lowest BCUT2D eigenvalue weighted by molar-refractivity contribution is -0.726. The number of thiazole rings is 1. The lowest BCUT2D eigenvalue weighted by Crippen LogP contribution is -3.00. The maximum atomic E-state index is 13.5.